The minimum absolute atomic E-state index is 0.0889. The van der Waals surface area contributed by atoms with Crippen LogP contribution in [0.1, 0.15) is 16.2 Å². The number of carbonyl (C=O) groups excluding carboxylic acids is 1. The zero-order valence-corrected chi connectivity index (χ0v) is 18.3. The Kier molecular flexibility index (Phi) is 5.17. The predicted molar refractivity (Wildman–Crippen MR) is 125 cm³/mol. The molecule has 1 aliphatic rings. The summed E-state index contributed by atoms with van der Waals surface area (Å²) in [4.78, 5) is 28.3. The molecule has 0 atom stereocenters. The molecule has 1 fully saturated rings. The van der Waals surface area contributed by atoms with Crippen LogP contribution in [0.4, 0.5) is 10.1 Å². The molecule has 33 heavy (non-hydrogen) atoms. The molecule has 3 aromatic heterocycles. The number of imidazole rings is 1. The van der Waals surface area contributed by atoms with Crippen molar-refractivity contribution >= 4 is 34.9 Å². The average Bonchev–Trinajstić information content (AvgIpc) is 3.23. The van der Waals surface area contributed by atoms with Gasteiger partial charge in [0.05, 0.1) is 11.2 Å². The van der Waals surface area contributed by atoms with Crippen LogP contribution in [-0.2, 0) is 0 Å². The number of hydrogen-bond acceptors (Lipinski definition) is 6. The zero-order valence-electron chi connectivity index (χ0n) is 18.3. The molecule has 0 aliphatic carbocycles. The lowest BCUT2D eigenvalue weighted by Gasteiger charge is -2.30. The molecule has 0 unspecified atom stereocenters. The van der Waals surface area contributed by atoms with E-state index in [2.05, 4.69) is 31.1 Å². The largest absolute Gasteiger partial charge is 0.373 e. The van der Waals surface area contributed by atoms with Crippen LogP contribution in [-0.4, -0.2) is 52.1 Å². The van der Waals surface area contributed by atoms with Crippen molar-refractivity contribution in [3.63, 3.8) is 0 Å². The lowest BCUT2D eigenvalue weighted by atomic mass is 9.45. The molecule has 4 heterocycles. The van der Waals surface area contributed by atoms with Crippen LogP contribution in [0.3, 0.4) is 0 Å². The van der Waals surface area contributed by atoms with Crippen LogP contribution >= 0.6 is 0 Å². The Bertz CT molecular complexity index is 1440. The number of aryl methyl sites for hydroxylation is 1. The van der Waals surface area contributed by atoms with E-state index in [1.165, 1.54) is 6.07 Å². The Balaban J connectivity index is 1.61. The van der Waals surface area contributed by atoms with Crippen LogP contribution in [0.5, 0.6) is 0 Å². The summed E-state index contributed by atoms with van der Waals surface area (Å²) in [6, 6.07) is 7.07. The van der Waals surface area contributed by atoms with Crippen molar-refractivity contribution in [2.24, 2.45) is 0 Å². The van der Waals surface area contributed by atoms with Gasteiger partial charge >= 0.3 is 0 Å². The molecule has 0 spiro atoms. The lowest BCUT2D eigenvalue weighted by Crippen LogP contribution is -2.36. The number of hydrogen-bond donors (Lipinski definition) is 1. The van der Waals surface area contributed by atoms with Crippen molar-refractivity contribution < 1.29 is 9.18 Å². The van der Waals surface area contributed by atoms with E-state index in [4.69, 9.17) is 5.26 Å². The van der Waals surface area contributed by atoms with Gasteiger partial charge in [-0.05, 0) is 43.8 Å². The van der Waals surface area contributed by atoms with E-state index < -0.39 is 5.82 Å². The van der Waals surface area contributed by atoms with E-state index in [0.717, 1.165) is 31.4 Å². The van der Waals surface area contributed by atoms with Gasteiger partial charge in [0, 0.05) is 55.1 Å². The molecule has 8 nitrogen and oxygen atoms in total. The number of carbonyl (C=O) groups is 1. The fourth-order valence-electron chi connectivity index (χ4n) is 4.30. The molecule has 1 aliphatic heterocycles. The van der Waals surface area contributed by atoms with Crippen LogP contribution in [0.15, 0.2) is 36.7 Å². The first-order valence-electron chi connectivity index (χ1n) is 10.8. The van der Waals surface area contributed by atoms with Gasteiger partial charge in [0.15, 0.2) is 17.3 Å². The average molecular weight is 441 g/mol. The third-order valence-electron chi connectivity index (χ3n) is 6.05. The van der Waals surface area contributed by atoms with Gasteiger partial charge < -0.3 is 14.6 Å². The fraction of sp³-hybridized carbons (Fsp3) is 0.261. The maximum Gasteiger partial charge on any atom is 0.271 e. The van der Waals surface area contributed by atoms with Crippen LogP contribution in [0, 0.1) is 24.0 Å². The topological polar surface area (TPSA) is 99.2 Å². The Morgan fingerprint density at radius 3 is 2.70 bits per heavy atom. The number of nitriles is 1. The Morgan fingerprint density at radius 1 is 1.18 bits per heavy atom. The van der Waals surface area contributed by atoms with Gasteiger partial charge in [-0.25, -0.2) is 24.6 Å². The van der Waals surface area contributed by atoms with Gasteiger partial charge in [-0.15, -0.1) is 0 Å². The molecule has 1 aromatic carbocycles. The molecule has 1 saturated heterocycles. The van der Waals surface area contributed by atoms with Gasteiger partial charge in [-0.1, -0.05) is 0 Å². The standard InChI is InChI=1S/C23H21BFN7O/c1-14-11-32-12-15(9-18(25)22(32)28-14)21-29-19-4-3-16(31-7-5-24(13-26)6-8-31)10-17(19)20(30-21)23(33)27-2/h3-4,9-12H,5-8H2,1-2H3,(H,27,33). The summed E-state index contributed by atoms with van der Waals surface area (Å²) in [5.41, 5.74) is 3.16. The number of fused-ring (bicyclic) bond motifs is 2. The molecule has 1 amide bonds. The molecule has 164 valence electrons. The van der Waals surface area contributed by atoms with E-state index in [0.29, 0.717) is 22.2 Å². The van der Waals surface area contributed by atoms with Gasteiger partial charge in [-0.2, -0.15) is 0 Å². The summed E-state index contributed by atoms with van der Waals surface area (Å²) >= 11 is 0. The van der Waals surface area contributed by atoms with E-state index in [1.807, 2.05) is 18.2 Å². The van der Waals surface area contributed by atoms with Crippen molar-refractivity contribution in [2.75, 3.05) is 25.0 Å². The highest BCUT2D eigenvalue weighted by Gasteiger charge is 2.24. The van der Waals surface area contributed by atoms with Gasteiger partial charge in [0.25, 0.3) is 12.6 Å². The molecule has 0 radical (unpaired) electrons. The summed E-state index contributed by atoms with van der Waals surface area (Å²) in [5, 5.41) is 12.4. The Morgan fingerprint density at radius 2 is 1.97 bits per heavy atom. The molecule has 10 heteroatoms. The SMILES string of the molecule is CNC(=O)c1nc(-c2cc(F)c3nc(C)cn3c2)nc2ccc(N3CCB(C#N)CC3)cc12. The second-order valence-electron chi connectivity index (χ2n) is 8.26. The zero-order chi connectivity index (χ0) is 23.1. The molecule has 5 rings (SSSR count). The fourth-order valence-corrected chi connectivity index (χ4v) is 4.30. The quantitative estimate of drug-likeness (QED) is 0.491. The highest BCUT2D eigenvalue weighted by Crippen LogP contribution is 2.28. The predicted octanol–water partition coefficient (Wildman–Crippen LogP) is 3.13. The molecule has 1 N–H and O–H groups in total. The number of nitrogens with one attached hydrogen (secondary N) is 1. The summed E-state index contributed by atoms with van der Waals surface area (Å²) in [6.07, 6.45) is 5.06. The first-order valence-corrected chi connectivity index (χ1v) is 10.8. The smallest absolute Gasteiger partial charge is 0.271 e. The third kappa shape index (κ3) is 3.76. The third-order valence-corrected chi connectivity index (χ3v) is 6.05. The van der Waals surface area contributed by atoms with Crippen molar-refractivity contribution in [2.45, 2.75) is 19.6 Å². The van der Waals surface area contributed by atoms with Crippen molar-refractivity contribution in [1.29, 1.82) is 5.26 Å². The van der Waals surface area contributed by atoms with Crippen LogP contribution in [0.2, 0.25) is 12.6 Å². The highest BCUT2D eigenvalue weighted by atomic mass is 19.1. The van der Waals surface area contributed by atoms with Crippen molar-refractivity contribution in [1.82, 2.24) is 24.7 Å². The minimum Gasteiger partial charge on any atom is -0.373 e. The molecular weight excluding hydrogens is 420 g/mol. The van der Waals surface area contributed by atoms with Gasteiger partial charge in [-0.3, -0.25) is 4.79 Å². The highest BCUT2D eigenvalue weighted by molar-refractivity contribution is 6.67. The molecular formula is C23H21BFN7O. The second-order valence-corrected chi connectivity index (χ2v) is 8.26. The summed E-state index contributed by atoms with van der Waals surface area (Å²) in [5.74, 6) is 1.78. The van der Waals surface area contributed by atoms with Gasteiger partial charge in [0.1, 0.15) is 5.69 Å². The summed E-state index contributed by atoms with van der Waals surface area (Å²) in [6.45, 7) is 3.44. The van der Waals surface area contributed by atoms with Crippen molar-refractivity contribution in [3.05, 3.63) is 53.9 Å². The molecule has 0 bridgehead atoms. The molecule has 4 aromatic rings. The summed E-state index contributed by atoms with van der Waals surface area (Å²) in [7, 11) is 1.55. The molecule has 0 saturated carbocycles. The number of aromatic nitrogens is 4. The number of anilines is 1. The maximum absolute atomic E-state index is 14.7. The van der Waals surface area contributed by atoms with E-state index in [-0.39, 0.29) is 29.8 Å². The van der Waals surface area contributed by atoms with E-state index in [9.17, 15) is 9.18 Å². The van der Waals surface area contributed by atoms with Gasteiger partial charge in [0.2, 0.25) is 0 Å². The normalized spacial score (nSPS) is 14.0. The second kappa shape index (κ2) is 8.17. The van der Waals surface area contributed by atoms with E-state index >= 15 is 0 Å². The number of rotatable bonds is 3. The van der Waals surface area contributed by atoms with Crippen LogP contribution in [0.25, 0.3) is 27.9 Å². The lowest BCUT2D eigenvalue weighted by molar-refractivity contribution is 0.0960. The van der Waals surface area contributed by atoms with Crippen LogP contribution < -0.4 is 10.2 Å². The number of benzene rings is 1. The first kappa shape index (κ1) is 20.9. The minimum atomic E-state index is -0.484. The Hall–Kier alpha value is -4.00. The number of pyridine rings is 1. The van der Waals surface area contributed by atoms with E-state index in [1.54, 1.807) is 30.8 Å². The number of nitrogens with zero attached hydrogens (tertiary/aromatic N) is 6. The number of amides is 1. The summed E-state index contributed by atoms with van der Waals surface area (Å²) < 4.78 is 16.3. The Labute approximate surface area is 190 Å². The first-order chi connectivity index (χ1) is 16.0. The van der Waals surface area contributed by atoms with Crippen molar-refractivity contribution in [3.8, 4) is 17.4 Å². The maximum atomic E-state index is 14.7. The monoisotopic (exact) mass is 441 g/mol. The number of halogens is 1.